The summed E-state index contributed by atoms with van der Waals surface area (Å²) in [6.45, 7) is 5.33. The fourth-order valence-corrected chi connectivity index (χ4v) is 2.36. The maximum Gasteiger partial charge on any atom is 0.0537 e. The van der Waals surface area contributed by atoms with Crippen LogP contribution >= 0.6 is 0 Å². The predicted molar refractivity (Wildman–Crippen MR) is 79.2 cm³/mol. The topological polar surface area (TPSA) is 29.9 Å². The van der Waals surface area contributed by atoms with Gasteiger partial charge in [0.2, 0.25) is 0 Å². The molecule has 1 heterocycles. The maximum atomic E-state index is 4.42. The lowest BCUT2D eigenvalue weighted by molar-refractivity contribution is 0.581. The minimum atomic E-state index is 0.326. The van der Waals surface area contributed by atoms with Crippen LogP contribution in [0.1, 0.15) is 36.1 Å². The Labute approximate surface area is 115 Å². The summed E-state index contributed by atoms with van der Waals surface area (Å²) >= 11 is 0. The van der Waals surface area contributed by atoms with Gasteiger partial charge in [-0.3, -0.25) is 4.68 Å². The molecule has 0 aliphatic heterocycles. The van der Waals surface area contributed by atoms with Gasteiger partial charge in [-0.25, -0.2) is 0 Å². The van der Waals surface area contributed by atoms with Crippen molar-refractivity contribution in [3.8, 4) is 0 Å². The summed E-state index contributed by atoms with van der Waals surface area (Å²) in [4.78, 5) is 0. The van der Waals surface area contributed by atoms with E-state index in [1.54, 1.807) is 0 Å². The minimum Gasteiger partial charge on any atom is -0.313 e. The molecule has 2 rings (SSSR count). The molecule has 0 bridgehead atoms. The second-order valence-corrected chi connectivity index (χ2v) is 5.01. The molecule has 102 valence electrons. The number of rotatable bonds is 6. The van der Waals surface area contributed by atoms with Crippen LogP contribution in [0, 0.1) is 6.92 Å². The number of nitrogens with zero attached hydrogens (tertiary/aromatic N) is 2. The first-order valence-electron chi connectivity index (χ1n) is 6.98. The Morgan fingerprint density at radius 1 is 1.32 bits per heavy atom. The maximum absolute atomic E-state index is 4.42. The van der Waals surface area contributed by atoms with E-state index in [9.17, 15) is 0 Å². The SMILES string of the molecule is CCCn1cc(C(Cc2ccccc2C)NC)cn1. The highest BCUT2D eigenvalue weighted by atomic mass is 15.3. The smallest absolute Gasteiger partial charge is 0.0537 e. The number of aromatic nitrogens is 2. The molecule has 0 radical (unpaired) electrons. The van der Waals surface area contributed by atoms with E-state index in [0.29, 0.717) is 6.04 Å². The summed E-state index contributed by atoms with van der Waals surface area (Å²) < 4.78 is 2.03. The van der Waals surface area contributed by atoms with Gasteiger partial charge in [-0.1, -0.05) is 31.2 Å². The predicted octanol–water partition coefficient (Wildman–Crippen LogP) is 3.10. The quantitative estimate of drug-likeness (QED) is 0.861. The molecule has 0 spiro atoms. The zero-order valence-electron chi connectivity index (χ0n) is 12.1. The molecule has 1 aromatic carbocycles. The zero-order valence-corrected chi connectivity index (χ0v) is 12.1. The third-order valence-corrected chi connectivity index (χ3v) is 3.54. The van der Waals surface area contributed by atoms with Crippen LogP contribution in [-0.4, -0.2) is 16.8 Å². The number of hydrogen-bond acceptors (Lipinski definition) is 2. The summed E-state index contributed by atoms with van der Waals surface area (Å²) in [5, 5.41) is 7.81. The minimum absolute atomic E-state index is 0.326. The molecule has 3 nitrogen and oxygen atoms in total. The standard InChI is InChI=1S/C16H23N3/c1-4-9-19-12-15(11-18-19)16(17-3)10-14-8-6-5-7-13(14)2/h5-8,11-12,16-17H,4,9-10H2,1-3H3. The van der Waals surface area contributed by atoms with Crippen molar-refractivity contribution in [3.63, 3.8) is 0 Å². The summed E-state index contributed by atoms with van der Waals surface area (Å²) in [5.74, 6) is 0. The van der Waals surface area contributed by atoms with E-state index in [0.717, 1.165) is 19.4 Å². The zero-order chi connectivity index (χ0) is 13.7. The van der Waals surface area contributed by atoms with Gasteiger partial charge in [0.1, 0.15) is 0 Å². The van der Waals surface area contributed by atoms with E-state index in [1.807, 2.05) is 17.9 Å². The largest absolute Gasteiger partial charge is 0.313 e. The van der Waals surface area contributed by atoms with Crippen LogP contribution in [0.25, 0.3) is 0 Å². The Kier molecular flexibility index (Phi) is 4.74. The molecule has 0 saturated heterocycles. The second kappa shape index (κ2) is 6.53. The van der Waals surface area contributed by atoms with Crippen LogP contribution in [0.15, 0.2) is 36.7 Å². The molecule has 0 aliphatic rings. The van der Waals surface area contributed by atoms with E-state index in [1.165, 1.54) is 16.7 Å². The van der Waals surface area contributed by atoms with Crippen molar-refractivity contribution in [1.29, 1.82) is 0 Å². The monoisotopic (exact) mass is 257 g/mol. The van der Waals surface area contributed by atoms with Crippen LogP contribution in [0.2, 0.25) is 0 Å². The van der Waals surface area contributed by atoms with Crippen molar-refractivity contribution in [1.82, 2.24) is 15.1 Å². The van der Waals surface area contributed by atoms with Gasteiger partial charge in [0.15, 0.2) is 0 Å². The summed E-state index contributed by atoms with van der Waals surface area (Å²) in [6.07, 6.45) is 6.25. The van der Waals surface area contributed by atoms with Crippen molar-refractivity contribution in [2.75, 3.05) is 7.05 Å². The number of likely N-dealkylation sites (N-methyl/N-ethyl adjacent to an activating group) is 1. The third-order valence-electron chi connectivity index (χ3n) is 3.54. The van der Waals surface area contributed by atoms with Crippen LogP contribution < -0.4 is 5.32 Å². The molecule has 0 aliphatic carbocycles. The molecular weight excluding hydrogens is 234 g/mol. The molecule has 1 unspecified atom stereocenters. The summed E-state index contributed by atoms with van der Waals surface area (Å²) in [6, 6.07) is 8.90. The van der Waals surface area contributed by atoms with Crippen molar-refractivity contribution >= 4 is 0 Å². The van der Waals surface area contributed by atoms with Crippen molar-refractivity contribution in [2.24, 2.45) is 0 Å². The first kappa shape index (κ1) is 13.8. The summed E-state index contributed by atoms with van der Waals surface area (Å²) in [7, 11) is 2.01. The highest BCUT2D eigenvalue weighted by Gasteiger charge is 2.13. The van der Waals surface area contributed by atoms with Crippen LogP contribution in [0.3, 0.4) is 0 Å². The Morgan fingerprint density at radius 2 is 2.11 bits per heavy atom. The average molecular weight is 257 g/mol. The van der Waals surface area contributed by atoms with Crippen LogP contribution in [0.4, 0.5) is 0 Å². The van der Waals surface area contributed by atoms with Gasteiger partial charge in [-0.15, -0.1) is 0 Å². The van der Waals surface area contributed by atoms with Gasteiger partial charge >= 0.3 is 0 Å². The Bertz CT molecular complexity index is 516. The first-order chi connectivity index (χ1) is 9.24. The molecule has 0 saturated carbocycles. The normalized spacial score (nSPS) is 12.6. The lowest BCUT2D eigenvalue weighted by Crippen LogP contribution is -2.18. The number of nitrogens with one attached hydrogen (secondary N) is 1. The lowest BCUT2D eigenvalue weighted by atomic mass is 9.98. The fourth-order valence-electron chi connectivity index (χ4n) is 2.36. The van der Waals surface area contributed by atoms with Crippen molar-refractivity contribution in [3.05, 3.63) is 53.3 Å². The molecule has 1 aromatic heterocycles. The van der Waals surface area contributed by atoms with E-state index < -0.39 is 0 Å². The molecule has 1 atom stereocenters. The highest BCUT2D eigenvalue weighted by Crippen LogP contribution is 2.19. The van der Waals surface area contributed by atoms with Gasteiger partial charge < -0.3 is 5.32 Å². The number of benzene rings is 1. The Hall–Kier alpha value is -1.61. The Morgan fingerprint density at radius 3 is 2.79 bits per heavy atom. The van der Waals surface area contributed by atoms with Crippen LogP contribution in [-0.2, 0) is 13.0 Å². The van der Waals surface area contributed by atoms with E-state index in [4.69, 9.17) is 0 Å². The van der Waals surface area contributed by atoms with Crippen molar-refractivity contribution < 1.29 is 0 Å². The van der Waals surface area contributed by atoms with E-state index >= 15 is 0 Å². The number of hydrogen-bond donors (Lipinski definition) is 1. The van der Waals surface area contributed by atoms with Gasteiger partial charge in [-0.2, -0.15) is 5.10 Å². The van der Waals surface area contributed by atoms with Gasteiger partial charge in [0, 0.05) is 24.3 Å². The van der Waals surface area contributed by atoms with Crippen molar-refractivity contribution in [2.45, 2.75) is 39.3 Å². The first-order valence-corrected chi connectivity index (χ1v) is 6.98. The molecular formula is C16H23N3. The molecule has 19 heavy (non-hydrogen) atoms. The molecule has 0 amide bonds. The van der Waals surface area contributed by atoms with Crippen LogP contribution in [0.5, 0.6) is 0 Å². The van der Waals surface area contributed by atoms with E-state index in [2.05, 4.69) is 54.7 Å². The average Bonchev–Trinajstić information content (AvgIpc) is 2.87. The third kappa shape index (κ3) is 3.44. The lowest BCUT2D eigenvalue weighted by Gasteiger charge is -2.16. The Balaban J connectivity index is 2.13. The highest BCUT2D eigenvalue weighted by molar-refractivity contribution is 5.28. The van der Waals surface area contributed by atoms with E-state index in [-0.39, 0.29) is 0 Å². The van der Waals surface area contributed by atoms with Gasteiger partial charge in [0.05, 0.1) is 6.20 Å². The fraction of sp³-hybridized carbons (Fsp3) is 0.438. The molecule has 3 heteroatoms. The molecule has 0 fully saturated rings. The van der Waals surface area contributed by atoms with Gasteiger partial charge in [0.25, 0.3) is 0 Å². The van der Waals surface area contributed by atoms with Gasteiger partial charge in [-0.05, 0) is 37.9 Å². The second-order valence-electron chi connectivity index (χ2n) is 5.01. The number of aryl methyl sites for hydroxylation is 2. The molecule has 1 N–H and O–H groups in total. The molecule has 2 aromatic rings. The summed E-state index contributed by atoms with van der Waals surface area (Å²) in [5.41, 5.74) is 4.01.